The van der Waals surface area contributed by atoms with Gasteiger partial charge in [0.25, 0.3) is 0 Å². The maximum absolute atomic E-state index is 11.0. The number of carbonyl (C=O) groups is 1. The molecule has 0 spiro atoms. The lowest BCUT2D eigenvalue weighted by molar-refractivity contribution is 0.111. The first-order chi connectivity index (χ1) is 10.2. The number of nitrogen functional groups attached to an aromatic ring is 1. The molecule has 1 aromatic carbocycles. The molecule has 2 N–H and O–H groups in total. The van der Waals surface area contributed by atoms with Gasteiger partial charge < -0.3 is 5.73 Å². The number of aldehydes is 1. The van der Waals surface area contributed by atoms with E-state index in [4.69, 9.17) is 5.73 Å². The van der Waals surface area contributed by atoms with Crippen LogP contribution in [0.3, 0.4) is 0 Å². The lowest BCUT2D eigenvalue weighted by Gasteiger charge is -2.11. The summed E-state index contributed by atoms with van der Waals surface area (Å²) in [6.07, 6.45) is 1.54. The molecule has 2 aromatic heterocycles. The van der Waals surface area contributed by atoms with E-state index in [1.54, 1.807) is 12.1 Å². The van der Waals surface area contributed by atoms with Crippen LogP contribution >= 0.6 is 0 Å². The van der Waals surface area contributed by atoms with Crippen LogP contribution < -0.4 is 5.73 Å². The van der Waals surface area contributed by atoms with Crippen molar-refractivity contribution in [2.24, 2.45) is 0 Å². The SMILES string of the molecule is CCc1nc(N)ccc1-c1cccc2ccc(C=O)nc12. The highest BCUT2D eigenvalue weighted by Crippen LogP contribution is 2.30. The average Bonchev–Trinajstić information content (AvgIpc) is 2.53. The molecule has 0 fully saturated rings. The number of nitrogens with zero attached hydrogens (tertiary/aromatic N) is 2. The number of para-hydroxylation sites is 1. The first kappa shape index (κ1) is 13.2. The molecular weight excluding hydrogens is 262 g/mol. The fraction of sp³-hybridized carbons (Fsp3) is 0.118. The van der Waals surface area contributed by atoms with Crippen LogP contribution in [0, 0.1) is 0 Å². The minimum absolute atomic E-state index is 0.427. The van der Waals surface area contributed by atoms with E-state index in [1.165, 1.54) is 0 Å². The number of carbonyl (C=O) groups excluding carboxylic acids is 1. The summed E-state index contributed by atoms with van der Waals surface area (Å²) in [6, 6.07) is 13.3. The van der Waals surface area contributed by atoms with Crippen molar-refractivity contribution in [1.29, 1.82) is 0 Å². The number of hydrogen-bond acceptors (Lipinski definition) is 4. The molecule has 0 aliphatic rings. The molecule has 2 heterocycles. The van der Waals surface area contributed by atoms with E-state index >= 15 is 0 Å². The maximum Gasteiger partial charge on any atom is 0.168 e. The zero-order valence-corrected chi connectivity index (χ0v) is 11.7. The second-order valence-electron chi connectivity index (χ2n) is 4.82. The zero-order valence-electron chi connectivity index (χ0n) is 11.7. The molecule has 3 aromatic rings. The minimum Gasteiger partial charge on any atom is -0.384 e. The summed E-state index contributed by atoms with van der Waals surface area (Å²) >= 11 is 0. The monoisotopic (exact) mass is 277 g/mol. The van der Waals surface area contributed by atoms with Gasteiger partial charge >= 0.3 is 0 Å². The van der Waals surface area contributed by atoms with Gasteiger partial charge in [-0.25, -0.2) is 9.97 Å². The summed E-state index contributed by atoms with van der Waals surface area (Å²) in [5.41, 5.74) is 9.91. The van der Waals surface area contributed by atoms with Crippen molar-refractivity contribution in [1.82, 2.24) is 9.97 Å². The summed E-state index contributed by atoms with van der Waals surface area (Å²) in [4.78, 5) is 19.8. The predicted molar refractivity (Wildman–Crippen MR) is 84.2 cm³/mol. The summed E-state index contributed by atoms with van der Waals surface area (Å²) in [5.74, 6) is 0.511. The quantitative estimate of drug-likeness (QED) is 0.746. The number of benzene rings is 1. The van der Waals surface area contributed by atoms with Crippen molar-refractivity contribution >= 4 is 23.0 Å². The van der Waals surface area contributed by atoms with Gasteiger partial charge in [-0.2, -0.15) is 0 Å². The van der Waals surface area contributed by atoms with E-state index in [2.05, 4.69) is 9.97 Å². The first-order valence-corrected chi connectivity index (χ1v) is 6.83. The van der Waals surface area contributed by atoms with Crippen LogP contribution in [0.4, 0.5) is 5.82 Å². The van der Waals surface area contributed by atoms with Crippen LogP contribution in [0.25, 0.3) is 22.0 Å². The third-order valence-electron chi connectivity index (χ3n) is 3.48. The number of rotatable bonds is 3. The summed E-state index contributed by atoms with van der Waals surface area (Å²) in [5, 5.41) is 0.997. The van der Waals surface area contributed by atoms with Crippen LogP contribution in [0.15, 0.2) is 42.5 Å². The average molecular weight is 277 g/mol. The Hall–Kier alpha value is -2.75. The molecule has 0 saturated carbocycles. The van der Waals surface area contributed by atoms with Crippen LogP contribution in [0.2, 0.25) is 0 Å². The molecule has 0 saturated heterocycles. The normalized spacial score (nSPS) is 10.7. The Labute approximate surface area is 122 Å². The molecule has 0 bridgehead atoms. The maximum atomic E-state index is 11.0. The van der Waals surface area contributed by atoms with Crippen molar-refractivity contribution in [3.05, 3.63) is 53.9 Å². The number of hydrogen-bond donors (Lipinski definition) is 1. The fourth-order valence-corrected chi connectivity index (χ4v) is 2.48. The van der Waals surface area contributed by atoms with Gasteiger partial charge in [0.05, 0.1) is 11.2 Å². The van der Waals surface area contributed by atoms with Gasteiger partial charge in [0.1, 0.15) is 11.5 Å². The molecule has 0 unspecified atom stereocenters. The second-order valence-corrected chi connectivity index (χ2v) is 4.82. The molecule has 0 radical (unpaired) electrons. The second kappa shape index (κ2) is 5.32. The lowest BCUT2D eigenvalue weighted by Crippen LogP contribution is -1.98. The van der Waals surface area contributed by atoms with Crippen molar-refractivity contribution < 1.29 is 4.79 Å². The molecule has 4 heteroatoms. The van der Waals surface area contributed by atoms with Gasteiger partial charge in [0, 0.05) is 16.5 Å². The highest BCUT2D eigenvalue weighted by atomic mass is 16.1. The van der Waals surface area contributed by atoms with E-state index in [9.17, 15) is 4.79 Å². The molecule has 0 atom stereocenters. The predicted octanol–water partition coefficient (Wildman–Crippen LogP) is 3.25. The van der Waals surface area contributed by atoms with E-state index in [-0.39, 0.29) is 0 Å². The summed E-state index contributed by atoms with van der Waals surface area (Å²) in [7, 11) is 0. The topological polar surface area (TPSA) is 68.9 Å². The molecular formula is C17H15N3O. The number of anilines is 1. The molecule has 4 nitrogen and oxygen atoms in total. The number of nitrogens with two attached hydrogens (primary N) is 1. The Kier molecular flexibility index (Phi) is 3.36. The highest BCUT2D eigenvalue weighted by molar-refractivity contribution is 5.95. The Morgan fingerprint density at radius 2 is 1.90 bits per heavy atom. The number of fused-ring (bicyclic) bond motifs is 1. The molecule has 21 heavy (non-hydrogen) atoms. The Bertz CT molecular complexity index is 827. The largest absolute Gasteiger partial charge is 0.384 e. The van der Waals surface area contributed by atoms with Gasteiger partial charge in [0.15, 0.2) is 6.29 Å². The van der Waals surface area contributed by atoms with Gasteiger partial charge in [0.2, 0.25) is 0 Å². The van der Waals surface area contributed by atoms with Crippen molar-refractivity contribution in [2.75, 3.05) is 5.73 Å². The van der Waals surface area contributed by atoms with Crippen LogP contribution in [-0.4, -0.2) is 16.3 Å². The smallest absolute Gasteiger partial charge is 0.168 e. The Morgan fingerprint density at radius 3 is 2.67 bits per heavy atom. The van der Waals surface area contributed by atoms with Crippen molar-refractivity contribution in [2.45, 2.75) is 13.3 Å². The number of pyridine rings is 2. The molecule has 0 aliphatic carbocycles. The van der Waals surface area contributed by atoms with Crippen LogP contribution in [0.1, 0.15) is 23.1 Å². The number of aromatic nitrogens is 2. The molecule has 104 valence electrons. The molecule has 0 amide bonds. The third kappa shape index (κ3) is 2.36. The molecule has 0 aliphatic heterocycles. The third-order valence-corrected chi connectivity index (χ3v) is 3.48. The van der Waals surface area contributed by atoms with Crippen LogP contribution in [0.5, 0.6) is 0 Å². The van der Waals surface area contributed by atoms with E-state index in [0.717, 1.165) is 40.4 Å². The van der Waals surface area contributed by atoms with E-state index in [1.807, 2.05) is 37.3 Å². The lowest BCUT2D eigenvalue weighted by atomic mass is 9.99. The van der Waals surface area contributed by atoms with Crippen LogP contribution in [-0.2, 0) is 6.42 Å². The van der Waals surface area contributed by atoms with E-state index < -0.39 is 0 Å². The zero-order chi connectivity index (χ0) is 14.8. The standard InChI is InChI=1S/C17H15N3O/c1-2-15-13(8-9-16(18)20-15)14-5-3-4-11-6-7-12(10-21)19-17(11)14/h3-10H,2H2,1H3,(H2,18,20). The van der Waals surface area contributed by atoms with E-state index in [0.29, 0.717) is 11.5 Å². The highest BCUT2D eigenvalue weighted by Gasteiger charge is 2.11. The fourth-order valence-electron chi connectivity index (χ4n) is 2.48. The summed E-state index contributed by atoms with van der Waals surface area (Å²) < 4.78 is 0. The minimum atomic E-state index is 0.427. The van der Waals surface area contributed by atoms with Gasteiger partial charge in [-0.05, 0) is 24.6 Å². The number of aryl methyl sites for hydroxylation is 1. The van der Waals surface area contributed by atoms with Gasteiger partial charge in [-0.15, -0.1) is 0 Å². The van der Waals surface area contributed by atoms with Crippen molar-refractivity contribution in [3.63, 3.8) is 0 Å². The summed E-state index contributed by atoms with van der Waals surface area (Å²) in [6.45, 7) is 2.04. The Morgan fingerprint density at radius 1 is 1.05 bits per heavy atom. The van der Waals surface area contributed by atoms with Crippen molar-refractivity contribution in [3.8, 4) is 11.1 Å². The molecule has 3 rings (SSSR count). The first-order valence-electron chi connectivity index (χ1n) is 6.83. The Balaban J connectivity index is 2.31. The van der Waals surface area contributed by atoms with Gasteiger partial charge in [-0.3, -0.25) is 4.79 Å². The van der Waals surface area contributed by atoms with Gasteiger partial charge in [-0.1, -0.05) is 31.2 Å².